The van der Waals surface area contributed by atoms with Crippen LogP contribution in [0, 0.1) is 11.3 Å². The van der Waals surface area contributed by atoms with Gasteiger partial charge in [-0.05, 0) is 12.8 Å². The monoisotopic (exact) mass is 184 g/mol. The summed E-state index contributed by atoms with van der Waals surface area (Å²) in [6.45, 7) is 1.95. The van der Waals surface area contributed by atoms with Crippen molar-refractivity contribution in [1.82, 2.24) is 0 Å². The van der Waals surface area contributed by atoms with E-state index in [2.05, 4.69) is 4.74 Å². The van der Waals surface area contributed by atoms with E-state index in [1.807, 2.05) is 6.92 Å². The van der Waals surface area contributed by atoms with Gasteiger partial charge < -0.3 is 9.47 Å². The molecule has 1 aliphatic carbocycles. The fraction of sp³-hybridized carbons (Fsp3) is 0.778. The fourth-order valence-corrected chi connectivity index (χ4v) is 2.16. The second-order valence-electron chi connectivity index (χ2n) is 3.63. The second kappa shape index (κ2) is 2.47. The minimum absolute atomic E-state index is 0.0671. The molecule has 0 unspecified atom stereocenters. The topological polar surface area (TPSA) is 52.6 Å². The predicted octanol–water partition coefficient (Wildman–Crippen LogP) is 0.501. The fourth-order valence-electron chi connectivity index (χ4n) is 2.16. The van der Waals surface area contributed by atoms with Gasteiger partial charge in [-0.2, -0.15) is 0 Å². The van der Waals surface area contributed by atoms with Crippen molar-refractivity contribution in [3.63, 3.8) is 0 Å². The van der Waals surface area contributed by atoms with Gasteiger partial charge in [0.05, 0.1) is 7.11 Å². The van der Waals surface area contributed by atoms with E-state index in [9.17, 15) is 9.59 Å². The van der Waals surface area contributed by atoms with Crippen molar-refractivity contribution in [1.29, 1.82) is 0 Å². The van der Waals surface area contributed by atoms with Gasteiger partial charge in [0, 0.05) is 5.92 Å². The van der Waals surface area contributed by atoms with E-state index in [1.165, 1.54) is 7.11 Å². The maximum atomic E-state index is 11.4. The molecule has 0 N–H and O–H groups in total. The smallest absolute Gasteiger partial charge is 0.324 e. The number of ether oxygens (including phenoxy) is 2. The number of methoxy groups -OCH3 is 1. The molecule has 2 aliphatic rings. The Labute approximate surface area is 76.2 Å². The van der Waals surface area contributed by atoms with Crippen LogP contribution in [0.25, 0.3) is 0 Å². The molecule has 1 heterocycles. The highest BCUT2D eigenvalue weighted by Gasteiger charge is 2.75. The van der Waals surface area contributed by atoms with Crippen LogP contribution in [-0.4, -0.2) is 25.2 Å². The summed E-state index contributed by atoms with van der Waals surface area (Å²) in [6.07, 6.45) is 1.30. The van der Waals surface area contributed by atoms with Gasteiger partial charge in [-0.25, -0.2) is 0 Å². The molecule has 72 valence electrons. The first-order valence-corrected chi connectivity index (χ1v) is 4.46. The first-order chi connectivity index (χ1) is 6.16. The highest BCUT2D eigenvalue weighted by atomic mass is 16.6. The zero-order chi connectivity index (χ0) is 9.64. The highest BCUT2D eigenvalue weighted by Crippen LogP contribution is 2.61. The van der Waals surface area contributed by atoms with Crippen LogP contribution in [-0.2, 0) is 19.1 Å². The number of rotatable bonds is 2. The zero-order valence-electron chi connectivity index (χ0n) is 7.70. The lowest BCUT2D eigenvalue weighted by molar-refractivity contribution is -0.159. The summed E-state index contributed by atoms with van der Waals surface area (Å²) in [4.78, 5) is 22.7. The van der Waals surface area contributed by atoms with E-state index >= 15 is 0 Å². The lowest BCUT2D eigenvalue weighted by Crippen LogP contribution is -2.25. The van der Waals surface area contributed by atoms with Gasteiger partial charge in [0.25, 0.3) is 0 Å². The van der Waals surface area contributed by atoms with Gasteiger partial charge in [0.2, 0.25) is 0 Å². The normalized spacial score (nSPS) is 40.9. The number of carbonyl (C=O) groups excluding carboxylic acids is 2. The molecule has 0 aromatic heterocycles. The average molecular weight is 184 g/mol. The first kappa shape index (κ1) is 8.53. The Kier molecular flexibility index (Phi) is 1.62. The molecule has 3 atom stereocenters. The molecule has 0 amide bonds. The number of hydrogen-bond donors (Lipinski definition) is 0. The van der Waals surface area contributed by atoms with Gasteiger partial charge in [0.15, 0.2) is 5.41 Å². The molecule has 1 saturated carbocycles. The van der Waals surface area contributed by atoms with E-state index < -0.39 is 17.4 Å². The standard InChI is InChI=1S/C9H12O4/c1-3-6-5-4-9(5,7(10)12-2)8(11)13-6/h5-6H,3-4H2,1-2H3/t5-,6-,9-/m0/s1. The summed E-state index contributed by atoms with van der Waals surface area (Å²) in [5, 5.41) is 0. The Balaban J connectivity index is 2.21. The Hall–Kier alpha value is -1.06. The Morgan fingerprint density at radius 1 is 1.77 bits per heavy atom. The summed E-state index contributed by atoms with van der Waals surface area (Å²) in [7, 11) is 1.30. The number of hydrogen-bond acceptors (Lipinski definition) is 4. The van der Waals surface area contributed by atoms with Crippen LogP contribution in [0.5, 0.6) is 0 Å². The van der Waals surface area contributed by atoms with Crippen LogP contribution in [0.2, 0.25) is 0 Å². The molecule has 0 aromatic rings. The predicted molar refractivity (Wildman–Crippen MR) is 42.7 cm³/mol. The third-order valence-corrected chi connectivity index (χ3v) is 3.04. The van der Waals surface area contributed by atoms with Crippen LogP contribution in [0.1, 0.15) is 19.8 Å². The molecule has 2 rings (SSSR count). The lowest BCUT2D eigenvalue weighted by Gasteiger charge is -2.08. The van der Waals surface area contributed by atoms with Crippen molar-refractivity contribution in [2.75, 3.05) is 7.11 Å². The van der Waals surface area contributed by atoms with Crippen LogP contribution in [0.3, 0.4) is 0 Å². The van der Waals surface area contributed by atoms with Crippen molar-refractivity contribution in [3.8, 4) is 0 Å². The molecular weight excluding hydrogens is 172 g/mol. The van der Waals surface area contributed by atoms with Crippen LogP contribution in [0.15, 0.2) is 0 Å². The van der Waals surface area contributed by atoms with Gasteiger partial charge >= 0.3 is 11.9 Å². The summed E-state index contributed by atoms with van der Waals surface area (Å²) >= 11 is 0. The van der Waals surface area contributed by atoms with Crippen molar-refractivity contribution in [3.05, 3.63) is 0 Å². The summed E-state index contributed by atoms with van der Waals surface area (Å²) in [5.74, 6) is -0.757. The van der Waals surface area contributed by atoms with Gasteiger partial charge in [-0.3, -0.25) is 9.59 Å². The summed E-state index contributed by atoms with van der Waals surface area (Å²) in [5.41, 5.74) is -0.921. The molecule has 0 bridgehead atoms. The molecule has 0 spiro atoms. The SMILES string of the molecule is CC[C@@H]1OC(=O)[C@@]2(C(=O)OC)C[C@@H]12. The molecule has 0 radical (unpaired) electrons. The zero-order valence-corrected chi connectivity index (χ0v) is 7.70. The Morgan fingerprint density at radius 2 is 2.46 bits per heavy atom. The van der Waals surface area contributed by atoms with Crippen LogP contribution in [0.4, 0.5) is 0 Å². The molecule has 4 heteroatoms. The van der Waals surface area contributed by atoms with E-state index in [-0.39, 0.29) is 12.0 Å². The quantitative estimate of drug-likeness (QED) is 0.463. The van der Waals surface area contributed by atoms with Crippen LogP contribution < -0.4 is 0 Å². The van der Waals surface area contributed by atoms with Gasteiger partial charge in [0.1, 0.15) is 6.10 Å². The molecule has 13 heavy (non-hydrogen) atoms. The van der Waals surface area contributed by atoms with Crippen LogP contribution >= 0.6 is 0 Å². The molecule has 0 aromatic carbocycles. The largest absolute Gasteiger partial charge is 0.468 e. The number of esters is 2. The van der Waals surface area contributed by atoms with Gasteiger partial charge in [-0.15, -0.1) is 0 Å². The number of cyclic esters (lactones) is 1. The highest BCUT2D eigenvalue weighted by molar-refractivity contribution is 6.05. The maximum Gasteiger partial charge on any atom is 0.324 e. The molecular formula is C9H12O4. The molecule has 2 fully saturated rings. The number of carbonyl (C=O) groups is 2. The van der Waals surface area contributed by atoms with Crippen molar-refractivity contribution in [2.45, 2.75) is 25.9 Å². The minimum Gasteiger partial charge on any atom is -0.468 e. The summed E-state index contributed by atoms with van der Waals surface area (Å²) < 4.78 is 9.66. The maximum absolute atomic E-state index is 11.4. The average Bonchev–Trinajstić information content (AvgIpc) is 2.83. The third kappa shape index (κ3) is 0.857. The second-order valence-corrected chi connectivity index (χ2v) is 3.63. The minimum atomic E-state index is -0.921. The first-order valence-electron chi connectivity index (χ1n) is 4.46. The van der Waals surface area contributed by atoms with E-state index in [0.717, 1.165) is 6.42 Å². The van der Waals surface area contributed by atoms with E-state index in [4.69, 9.17) is 4.74 Å². The Morgan fingerprint density at radius 3 is 2.85 bits per heavy atom. The molecule has 4 nitrogen and oxygen atoms in total. The molecule has 1 aliphatic heterocycles. The lowest BCUT2D eigenvalue weighted by atomic mass is 10.0. The van der Waals surface area contributed by atoms with Gasteiger partial charge in [-0.1, -0.05) is 6.92 Å². The van der Waals surface area contributed by atoms with Crippen molar-refractivity contribution < 1.29 is 19.1 Å². The van der Waals surface area contributed by atoms with Crippen molar-refractivity contribution >= 4 is 11.9 Å². The Bertz CT molecular complexity index is 273. The third-order valence-electron chi connectivity index (χ3n) is 3.04. The van der Waals surface area contributed by atoms with Crippen molar-refractivity contribution in [2.24, 2.45) is 11.3 Å². The number of fused-ring (bicyclic) bond motifs is 1. The van der Waals surface area contributed by atoms with E-state index in [0.29, 0.717) is 6.42 Å². The van der Waals surface area contributed by atoms with E-state index in [1.54, 1.807) is 0 Å². The summed E-state index contributed by atoms with van der Waals surface area (Å²) in [6, 6.07) is 0. The molecule has 1 saturated heterocycles.